The van der Waals surface area contributed by atoms with E-state index >= 15 is 0 Å². The molecule has 1 aliphatic rings. The first-order chi connectivity index (χ1) is 14.6. The van der Waals surface area contributed by atoms with E-state index in [0.29, 0.717) is 24.3 Å². The van der Waals surface area contributed by atoms with Crippen molar-refractivity contribution in [3.05, 3.63) is 60.2 Å². The Morgan fingerprint density at radius 2 is 1.57 bits per heavy atom. The fourth-order valence-electron chi connectivity index (χ4n) is 3.13. The average molecular weight is 411 g/mol. The lowest BCUT2D eigenvalue weighted by Gasteiger charge is -2.36. The summed E-state index contributed by atoms with van der Waals surface area (Å²) in [4.78, 5) is 39.9. The van der Waals surface area contributed by atoms with Crippen molar-refractivity contribution in [2.24, 2.45) is 0 Å². The Bertz CT molecular complexity index is 862. The van der Waals surface area contributed by atoms with Crippen molar-refractivity contribution < 1.29 is 23.9 Å². The van der Waals surface area contributed by atoms with Gasteiger partial charge in [0.1, 0.15) is 0 Å². The minimum atomic E-state index is -0.589. The van der Waals surface area contributed by atoms with E-state index in [4.69, 9.17) is 9.47 Å². The number of piperazine rings is 1. The molecule has 0 aliphatic carbocycles. The zero-order valence-electron chi connectivity index (χ0n) is 16.9. The number of hydrogen-bond acceptors (Lipinski definition) is 6. The Kier molecular flexibility index (Phi) is 7.26. The lowest BCUT2D eigenvalue weighted by molar-refractivity contribution is -0.134. The van der Waals surface area contributed by atoms with Crippen molar-refractivity contribution in [3.63, 3.8) is 0 Å². The summed E-state index contributed by atoms with van der Waals surface area (Å²) in [5, 5.41) is 2.54. The van der Waals surface area contributed by atoms with Gasteiger partial charge in [-0.2, -0.15) is 0 Å². The van der Waals surface area contributed by atoms with Gasteiger partial charge in [0.25, 0.3) is 5.91 Å². The highest BCUT2D eigenvalue weighted by Crippen LogP contribution is 2.16. The zero-order chi connectivity index (χ0) is 21.3. The molecule has 8 heteroatoms. The van der Waals surface area contributed by atoms with Gasteiger partial charge in [0.15, 0.2) is 6.61 Å². The molecule has 30 heavy (non-hydrogen) atoms. The molecule has 2 amide bonds. The molecule has 1 aliphatic heterocycles. The molecule has 1 saturated heterocycles. The highest BCUT2D eigenvalue weighted by atomic mass is 16.5. The summed E-state index contributed by atoms with van der Waals surface area (Å²) in [6.07, 6.45) is -0.564. The summed E-state index contributed by atoms with van der Waals surface area (Å²) in [7, 11) is 0. The van der Waals surface area contributed by atoms with E-state index in [9.17, 15) is 14.4 Å². The second-order valence-electron chi connectivity index (χ2n) is 6.70. The predicted octanol–water partition coefficient (Wildman–Crippen LogP) is 2.76. The first-order valence-electron chi connectivity index (χ1n) is 9.85. The Morgan fingerprint density at radius 3 is 2.20 bits per heavy atom. The number of nitrogens with one attached hydrogen (secondary N) is 1. The van der Waals surface area contributed by atoms with Crippen LogP contribution in [0.1, 0.15) is 17.3 Å². The second kappa shape index (κ2) is 10.3. The van der Waals surface area contributed by atoms with Gasteiger partial charge in [-0.25, -0.2) is 9.59 Å². The number of carbonyl (C=O) groups is 3. The molecule has 0 aromatic heterocycles. The molecule has 8 nitrogen and oxygen atoms in total. The number of carbonyl (C=O) groups excluding carboxylic acids is 3. The van der Waals surface area contributed by atoms with Crippen LogP contribution in [0.3, 0.4) is 0 Å². The largest absolute Gasteiger partial charge is 0.452 e. The molecule has 2 aromatic rings. The fraction of sp³-hybridized carbons (Fsp3) is 0.318. The maximum absolute atomic E-state index is 12.4. The van der Waals surface area contributed by atoms with Gasteiger partial charge in [-0.3, -0.25) is 10.1 Å². The number of rotatable bonds is 6. The number of para-hydroxylation sites is 1. The molecule has 158 valence electrons. The van der Waals surface area contributed by atoms with Crippen LogP contribution in [0.5, 0.6) is 0 Å². The molecule has 0 atom stereocenters. The van der Waals surface area contributed by atoms with E-state index < -0.39 is 12.1 Å². The minimum absolute atomic E-state index is 0.211. The summed E-state index contributed by atoms with van der Waals surface area (Å²) in [5.74, 6) is -0.800. The number of esters is 1. The topological polar surface area (TPSA) is 88.2 Å². The monoisotopic (exact) mass is 411 g/mol. The first kappa shape index (κ1) is 21.2. The van der Waals surface area contributed by atoms with Gasteiger partial charge in [0.2, 0.25) is 0 Å². The maximum Gasteiger partial charge on any atom is 0.411 e. The third-order valence-corrected chi connectivity index (χ3v) is 4.72. The maximum atomic E-state index is 12.4. The number of ether oxygens (including phenoxy) is 2. The third-order valence-electron chi connectivity index (χ3n) is 4.72. The summed E-state index contributed by atoms with van der Waals surface area (Å²) in [5.41, 5.74) is 1.93. The van der Waals surface area contributed by atoms with Crippen LogP contribution in [0.2, 0.25) is 0 Å². The molecule has 1 heterocycles. The van der Waals surface area contributed by atoms with Gasteiger partial charge >= 0.3 is 12.1 Å². The van der Waals surface area contributed by atoms with Gasteiger partial charge in [-0.15, -0.1) is 0 Å². The van der Waals surface area contributed by atoms with Crippen molar-refractivity contribution >= 4 is 29.3 Å². The third kappa shape index (κ3) is 5.73. The highest BCUT2D eigenvalue weighted by Gasteiger charge is 2.22. The molecule has 3 rings (SSSR count). The Labute approximate surface area is 175 Å². The van der Waals surface area contributed by atoms with Gasteiger partial charge in [0, 0.05) is 37.6 Å². The van der Waals surface area contributed by atoms with E-state index in [1.807, 2.05) is 30.3 Å². The minimum Gasteiger partial charge on any atom is -0.452 e. The van der Waals surface area contributed by atoms with E-state index in [2.05, 4.69) is 10.2 Å². The van der Waals surface area contributed by atoms with Crippen molar-refractivity contribution in [3.8, 4) is 0 Å². The number of amides is 2. The summed E-state index contributed by atoms with van der Waals surface area (Å²) in [6.45, 7) is 4.32. The highest BCUT2D eigenvalue weighted by molar-refractivity contribution is 5.92. The van der Waals surface area contributed by atoms with Crippen LogP contribution in [0.15, 0.2) is 54.6 Å². The van der Waals surface area contributed by atoms with Crippen LogP contribution >= 0.6 is 0 Å². The molecule has 0 saturated carbocycles. The van der Waals surface area contributed by atoms with Crippen LogP contribution in [0, 0.1) is 0 Å². The Morgan fingerprint density at radius 1 is 0.900 bits per heavy atom. The zero-order valence-corrected chi connectivity index (χ0v) is 16.9. The van der Waals surface area contributed by atoms with Crippen molar-refractivity contribution in [1.82, 2.24) is 4.90 Å². The Balaban J connectivity index is 1.43. The molecule has 0 spiro atoms. The summed E-state index contributed by atoms with van der Waals surface area (Å²) in [6, 6.07) is 16.2. The SMILES string of the molecule is CCOC(=O)Nc1ccc(C(=O)OCC(=O)N2CCN(c3ccccc3)CC2)cc1. The van der Waals surface area contributed by atoms with Crippen LogP contribution in [0.25, 0.3) is 0 Å². The van der Waals surface area contributed by atoms with Gasteiger partial charge in [-0.05, 0) is 43.3 Å². The van der Waals surface area contributed by atoms with Crippen LogP contribution < -0.4 is 10.2 Å². The molecule has 1 fully saturated rings. The molecule has 1 N–H and O–H groups in total. The summed E-state index contributed by atoms with van der Waals surface area (Å²) < 4.78 is 9.95. The van der Waals surface area contributed by atoms with E-state index in [-0.39, 0.29) is 19.1 Å². The van der Waals surface area contributed by atoms with Crippen molar-refractivity contribution in [2.45, 2.75) is 6.92 Å². The number of benzene rings is 2. The van der Waals surface area contributed by atoms with Crippen LogP contribution in [-0.2, 0) is 14.3 Å². The smallest absolute Gasteiger partial charge is 0.411 e. The standard InChI is InChI=1S/C22H25N3O5/c1-2-29-22(28)23-18-10-8-17(9-11-18)21(27)30-16-20(26)25-14-12-24(13-15-25)19-6-4-3-5-7-19/h3-11H,2,12-16H2,1H3,(H,23,28). The van der Waals surface area contributed by atoms with Gasteiger partial charge in [0.05, 0.1) is 12.2 Å². The summed E-state index contributed by atoms with van der Waals surface area (Å²) >= 11 is 0. The van der Waals surface area contributed by atoms with Crippen LogP contribution in [-0.4, -0.2) is 62.3 Å². The van der Waals surface area contributed by atoms with Crippen molar-refractivity contribution in [2.75, 3.05) is 49.6 Å². The van der Waals surface area contributed by atoms with E-state index in [1.54, 1.807) is 24.0 Å². The molecular weight excluding hydrogens is 386 g/mol. The molecule has 0 unspecified atom stereocenters. The second-order valence-corrected chi connectivity index (χ2v) is 6.70. The molecule has 0 radical (unpaired) electrons. The molecule has 2 aromatic carbocycles. The lowest BCUT2D eigenvalue weighted by Crippen LogP contribution is -2.49. The quantitative estimate of drug-likeness (QED) is 0.736. The Hall–Kier alpha value is -3.55. The first-order valence-corrected chi connectivity index (χ1v) is 9.85. The number of hydrogen-bond donors (Lipinski definition) is 1. The van der Waals surface area contributed by atoms with Crippen molar-refractivity contribution in [1.29, 1.82) is 0 Å². The predicted molar refractivity (Wildman–Crippen MR) is 113 cm³/mol. The fourth-order valence-corrected chi connectivity index (χ4v) is 3.13. The number of anilines is 2. The van der Waals surface area contributed by atoms with E-state index in [0.717, 1.165) is 18.8 Å². The normalized spacial score (nSPS) is 13.5. The van der Waals surface area contributed by atoms with E-state index in [1.165, 1.54) is 12.1 Å². The van der Waals surface area contributed by atoms with Gasteiger partial charge in [-0.1, -0.05) is 18.2 Å². The number of nitrogens with zero attached hydrogens (tertiary/aromatic N) is 2. The molecular formula is C22H25N3O5. The van der Waals surface area contributed by atoms with Crippen LogP contribution in [0.4, 0.5) is 16.2 Å². The average Bonchev–Trinajstić information content (AvgIpc) is 2.78. The van der Waals surface area contributed by atoms with Gasteiger partial charge < -0.3 is 19.3 Å². The molecule has 0 bridgehead atoms. The lowest BCUT2D eigenvalue weighted by atomic mass is 10.2.